The number of halogens is 1. The third-order valence-electron chi connectivity index (χ3n) is 6.41. The average molecular weight is 559 g/mol. The first-order valence-corrected chi connectivity index (χ1v) is 13.1. The Hall–Kier alpha value is -4.77. The van der Waals surface area contributed by atoms with Gasteiger partial charge in [-0.3, -0.25) is 10.1 Å². The molecule has 0 spiro atoms. The monoisotopic (exact) mass is 558 g/mol. The van der Waals surface area contributed by atoms with Crippen molar-refractivity contribution in [1.29, 1.82) is 0 Å². The number of aromatic amines is 1. The van der Waals surface area contributed by atoms with Crippen molar-refractivity contribution in [2.24, 2.45) is 0 Å². The molecular formula is C28H27ClN8O3. The van der Waals surface area contributed by atoms with Gasteiger partial charge < -0.3 is 15.0 Å². The molecular weight excluding hydrogens is 532 g/mol. The summed E-state index contributed by atoms with van der Waals surface area (Å²) < 4.78 is 6.22. The van der Waals surface area contributed by atoms with Crippen LogP contribution in [-0.4, -0.2) is 49.3 Å². The van der Waals surface area contributed by atoms with Crippen molar-refractivity contribution >= 4 is 35.4 Å². The van der Waals surface area contributed by atoms with E-state index in [1.807, 2.05) is 24.4 Å². The van der Waals surface area contributed by atoms with E-state index in [1.165, 1.54) is 24.2 Å². The zero-order chi connectivity index (χ0) is 27.9. The molecule has 204 valence electrons. The number of amides is 2. The SMILES string of the molecule is COC(=O)Nc1ccc2c(c1)CCCC=CCC(NC(=O)C=Cc1cc(Cl)ccc1-n1cnnn1)c1nc-2c[nH]1. The maximum absolute atomic E-state index is 13.0. The van der Waals surface area contributed by atoms with Gasteiger partial charge in [0.05, 0.1) is 24.5 Å². The summed E-state index contributed by atoms with van der Waals surface area (Å²) in [6, 6.07) is 10.6. The van der Waals surface area contributed by atoms with Gasteiger partial charge in [-0.15, -0.1) is 5.10 Å². The van der Waals surface area contributed by atoms with Crippen LogP contribution in [0.3, 0.4) is 0 Å². The van der Waals surface area contributed by atoms with Gasteiger partial charge >= 0.3 is 6.09 Å². The molecule has 0 radical (unpaired) electrons. The van der Waals surface area contributed by atoms with Crippen LogP contribution in [0.25, 0.3) is 23.0 Å². The highest BCUT2D eigenvalue weighted by atomic mass is 35.5. The molecule has 2 amide bonds. The summed E-state index contributed by atoms with van der Waals surface area (Å²) >= 11 is 6.20. The molecule has 1 aliphatic rings. The molecule has 12 heteroatoms. The number of hydrogen-bond acceptors (Lipinski definition) is 7. The maximum Gasteiger partial charge on any atom is 0.411 e. The molecule has 3 N–H and O–H groups in total. The van der Waals surface area contributed by atoms with Gasteiger partial charge in [0.25, 0.3) is 0 Å². The molecule has 3 heterocycles. The minimum atomic E-state index is -0.521. The Bertz CT molecular complexity index is 1560. The summed E-state index contributed by atoms with van der Waals surface area (Å²) in [4.78, 5) is 32.8. The largest absolute Gasteiger partial charge is 0.453 e. The lowest BCUT2D eigenvalue weighted by Gasteiger charge is -2.15. The second kappa shape index (κ2) is 12.4. The molecule has 0 aliphatic carbocycles. The minimum absolute atomic E-state index is 0.287. The molecule has 4 aromatic rings. The summed E-state index contributed by atoms with van der Waals surface area (Å²) in [5.74, 6) is 0.354. The standard InChI is InChI=1S/C28H27ClN8O3/c1-40-28(39)32-21-10-11-22-18(15-21)6-4-2-3-5-7-23(27-30-16-24(22)34-27)33-26(38)13-8-19-14-20(29)9-12-25(19)37-17-31-35-36-37/h3,5,8-17,23H,2,4,6-7H2,1H3,(H,30,34)(H,32,39)(H,33,38). The first-order valence-electron chi connectivity index (χ1n) is 12.7. The molecule has 2 aromatic carbocycles. The highest BCUT2D eigenvalue weighted by molar-refractivity contribution is 6.30. The number of hydrogen-bond donors (Lipinski definition) is 3. The van der Waals surface area contributed by atoms with Gasteiger partial charge in [0.15, 0.2) is 0 Å². The summed E-state index contributed by atoms with van der Waals surface area (Å²) in [7, 11) is 1.33. The Morgan fingerprint density at radius 2 is 2.10 bits per heavy atom. The van der Waals surface area contributed by atoms with Crippen molar-refractivity contribution in [2.75, 3.05) is 12.4 Å². The number of rotatable bonds is 5. The van der Waals surface area contributed by atoms with E-state index in [-0.39, 0.29) is 11.9 Å². The fourth-order valence-corrected chi connectivity index (χ4v) is 4.65. The van der Waals surface area contributed by atoms with Crippen molar-refractivity contribution in [2.45, 2.75) is 31.7 Å². The van der Waals surface area contributed by atoms with Crippen LogP contribution in [-0.2, 0) is 16.0 Å². The molecule has 0 saturated carbocycles. The molecule has 11 nitrogen and oxygen atoms in total. The van der Waals surface area contributed by atoms with Crippen molar-refractivity contribution in [3.63, 3.8) is 0 Å². The fraction of sp³-hybridized carbons (Fsp3) is 0.214. The van der Waals surface area contributed by atoms with Crippen LogP contribution in [0.5, 0.6) is 0 Å². The van der Waals surface area contributed by atoms with Crippen molar-refractivity contribution in [3.8, 4) is 16.9 Å². The predicted molar refractivity (Wildman–Crippen MR) is 151 cm³/mol. The number of aryl methyl sites for hydroxylation is 1. The predicted octanol–water partition coefficient (Wildman–Crippen LogP) is 5.04. The van der Waals surface area contributed by atoms with E-state index in [1.54, 1.807) is 24.3 Å². The van der Waals surface area contributed by atoms with Crippen LogP contribution in [0, 0.1) is 0 Å². The number of imidazole rings is 1. The number of aromatic nitrogens is 6. The summed E-state index contributed by atoms with van der Waals surface area (Å²) in [6.07, 6.45) is 13.3. The number of tetrazole rings is 1. The Labute approximate surface area is 235 Å². The Morgan fingerprint density at radius 1 is 1.20 bits per heavy atom. The average Bonchev–Trinajstić information content (AvgIpc) is 3.66. The zero-order valence-electron chi connectivity index (χ0n) is 21.7. The number of carbonyl (C=O) groups is 2. The smallest absolute Gasteiger partial charge is 0.411 e. The quantitative estimate of drug-likeness (QED) is 0.230. The van der Waals surface area contributed by atoms with Gasteiger partial charge in [0.2, 0.25) is 5.91 Å². The fourth-order valence-electron chi connectivity index (χ4n) is 4.47. The summed E-state index contributed by atoms with van der Waals surface area (Å²) in [5, 5.41) is 17.6. The van der Waals surface area contributed by atoms with Gasteiger partial charge in [-0.05, 0) is 78.1 Å². The first kappa shape index (κ1) is 26.8. The Balaban J connectivity index is 1.37. The van der Waals surface area contributed by atoms with Gasteiger partial charge in [0, 0.05) is 34.1 Å². The van der Waals surface area contributed by atoms with E-state index in [9.17, 15) is 9.59 Å². The number of methoxy groups -OCH3 is 1. The van der Waals surface area contributed by atoms with Crippen LogP contribution in [0.1, 0.15) is 42.3 Å². The molecule has 1 atom stereocenters. The van der Waals surface area contributed by atoms with Gasteiger partial charge in [0.1, 0.15) is 12.2 Å². The van der Waals surface area contributed by atoms with Crippen LogP contribution in [0.4, 0.5) is 10.5 Å². The Morgan fingerprint density at radius 3 is 2.92 bits per heavy atom. The topological polar surface area (TPSA) is 140 Å². The number of allylic oxidation sites excluding steroid dienone is 1. The Kier molecular flexibility index (Phi) is 8.31. The number of carbonyl (C=O) groups excluding carboxylic acids is 2. The van der Waals surface area contributed by atoms with E-state index in [4.69, 9.17) is 21.3 Å². The number of nitrogens with zero attached hydrogens (tertiary/aromatic N) is 5. The van der Waals surface area contributed by atoms with E-state index in [0.29, 0.717) is 34.2 Å². The summed E-state index contributed by atoms with van der Waals surface area (Å²) in [6.45, 7) is 0. The van der Waals surface area contributed by atoms with Crippen LogP contribution < -0.4 is 10.6 Å². The maximum atomic E-state index is 13.0. The van der Waals surface area contributed by atoms with Crippen molar-refractivity contribution in [3.05, 3.63) is 89.1 Å². The number of anilines is 1. The van der Waals surface area contributed by atoms with Crippen LogP contribution in [0.2, 0.25) is 5.02 Å². The second-order valence-corrected chi connectivity index (χ2v) is 9.55. The minimum Gasteiger partial charge on any atom is -0.453 e. The van der Waals surface area contributed by atoms with Crippen LogP contribution in [0.15, 0.2) is 67.2 Å². The van der Waals surface area contributed by atoms with E-state index in [2.05, 4.69) is 43.3 Å². The molecule has 0 saturated heterocycles. The summed E-state index contributed by atoms with van der Waals surface area (Å²) in [5.41, 5.74) is 4.81. The van der Waals surface area contributed by atoms with Crippen molar-refractivity contribution < 1.29 is 14.3 Å². The third kappa shape index (κ3) is 6.44. The molecule has 2 aromatic heterocycles. The number of nitrogens with one attached hydrogen (secondary N) is 3. The molecule has 40 heavy (non-hydrogen) atoms. The number of H-pyrrole nitrogens is 1. The third-order valence-corrected chi connectivity index (χ3v) is 6.65. The lowest BCUT2D eigenvalue weighted by atomic mass is 9.98. The lowest BCUT2D eigenvalue weighted by molar-refractivity contribution is -0.117. The second-order valence-electron chi connectivity index (χ2n) is 9.11. The van der Waals surface area contributed by atoms with Crippen LogP contribution >= 0.6 is 11.6 Å². The molecule has 1 unspecified atom stereocenters. The highest BCUT2D eigenvalue weighted by Gasteiger charge is 2.19. The zero-order valence-corrected chi connectivity index (χ0v) is 22.4. The number of ether oxygens (including phenoxy) is 1. The van der Waals surface area contributed by atoms with Crippen molar-refractivity contribution in [1.82, 2.24) is 35.5 Å². The first-order chi connectivity index (χ1) is 19.5. The lowest BCUT2D eigenvalue weighted by Crippen LogP contribution is -2.27. The van der Waals surface area contributed by atoms with Gasteiger partial charge in [-0.25, -0.2) is 9.78 Å². The molecule has 5 rings (SSSR count). The molecule has 1 aliphatic heterocycles. The number of fused-ring (bicyclic) bond motifs is 4. The van der Waals surface area contributed by atoms with E-state index >= 15 is 0 Å². The number of benzene rings is 2. The van der Waals surface area contributed by atoms with E-state index < -0.39 is 6.09 Å². The van der Waals surface area contributed by atoms with Gasteiger partial charge in [-0.2, -0.15) is 4.68 Å². The highest BCUT2D eigenvalue weighted by Crippen LogP contribution is 2.29. The normalized spacial score (nSPS) is 15.1. The van der Waals surface area contributed by atoms with E-state index in [0.717, 1.165) is 36.1 Å². The van der Waals surface area contributed by atoms with Gasteiger partial charge in [-0.1, -0.05) is 29.8 Å². The molecule has 2 bridgehead atoms. The molecule has 0 fully saturated rings.